The zero-order valence-corrected chi connectivity index (χ0v) is 12.7. The standard InChI is InChI=1S/C15H21F3N2O2/c1-3-8-19-9-10-20-14(21)11(2)22-13-7-5-4-6-12(13)15(16,17)18/h4-7,11,19H,3,8-10H2,1-2H3,(H,20,21). The average molecular weight is 318 g/mol. The second-order valence-corrected chi connectivity index (χ2v) is 4.80. The molecular weight excluding hydrogens is 297 g/mol. The van der Waals surface area contributed by atoms with Gasteiger partial charge in [-0.2, -0.15) is 13.2 Å². The molecule has 1 rings (SSSR count). The maximum atomic E-state index is 12.8. The van der Waals surface area contributed by atoms with Gasteiger partial charge in [0.05, 0.1) is 5.56 Å². The SMILES string of the molecule is CCCNCCNC(=O)C(C)Oc1ccccc1C(F)(F)F. The third-order valence-corrected chi connectivity index (χ3v) is 2.89. The summed E-state index contributed by atoms with van der Waals surface area (Å²) in [5.74, 6) is -0.794. The molecule has 1 aromatic rings. The summed E-state index contributed by atoms with van der Waals surface area (Å²) >= 11 is 0. The number of ether oxygens (including phenoxy) is 1. The minimum absolute atomic E-state index is 0.346. The van der Waals surface area contributed by atoms with Gasteiger partial charge in [0, 0.05) is 13.1 Å². The fourth-order valence-corrected chi connectivity index (χ4v) is 1.77. The Hall–Kier alpha value is -1.76. The first kappa shape index (κ1) is 18.3. The number of rotatable bonds is 8. The van der Waals surface area contributed by atoms with Crippen molar-refractivity contribution in [2.45, 2.75) is 32.5 Å². The predicted octanol–water partition coefficient (Wildman–Crippen LogP) is 2.59. The molecule has 0 spiro atoms. The van der Waals surface area contributed by atoms with Crippen molar-refractivity contribution in [3.8, 4) is 5.75 Å². The van der Waals surface area contributed by atoms with E-state index in [1.54, 1.807) is 0 Å². The third-order valence-electron chi connectivity index (χ3n) is 2.89. The number of halogens is 3. The summed E-state index contributed by atoms with van der Waals surface area (Å²) in [7, 11) is 0. The molecular formula is C15H21F3N2O2. The fraction of sp³-hybridized carbons (Fsp3) is 0.533. The third kappa shape index (κ3) is 5.93. The number of nitrogens with one attached hydrogen (secondary N) is 2. The van der Waals surface area contributed by atoms with Crippen LogP contribution >= 0.6 is 0 Å². The average Bonchev–Trinajstić information content (AvgIpc) is 2.46. The molecule has 0 saturated heterocycles. The second kappa shape index (κ2) is 8.63. The predicted molar refractivity (Wildman–Crippen MR) is 77.7 cm³/mol. The van der Waals surface area contributed by atoms with Crippen LogP contribution in [0, 0.1) is 0 Å². The monoisotopic (exact) mass is 318 g/mol. The van der Waals surface area contributed by atoms with E-state index in [2.05, 4.69) is 10.6 Å². The van der Waals surface area contributed by atoms with Gasteiger partial charge in [0.15, 0.2) is 6.10 Å². The zero-order chi connectivity index (χ0) is 16.6. The molecule has 0 bridgehead atoms. The molecule has 1 unspecified atom stereocenters. The van der Waals surface area contributed by atoms with Gasteiger partial charge in [-0.1, -0.05) is 19.1 Å². The van der Waals surface area contributed by atoms with Gasteiger partial charge in [0.1, 0.15) is 5.75 Å². The van der Waals surface area contributed by atoms with Gasteiger partial charge in [-0.3, -0.25) is 4.79 Å². The van der Waals surface area contributed by atoms with E-state index in [1.165, 1.54) is 25.1 Å². The van der Waals surface area contributed by atoms with Gasteiger partial charge in [-0.15, -0.1) is 0 Å². The van der Waals surface area contributed by atoms with E-state index in [0.717, 1.165) is 19.0 Å². The van der Waals surface area contributed by atoms with Crippen molar-refractivity contribution < 1.29 is 22.7 Å². The van der Waals surface area contributed by atoms with Gasteiger partial charge in [-0.05, 0) is 32.0 Å². The number of benzene rings is 1. The Morgan fingerprint density at radius 3 is 2.55 bits per heavy atom. The van der Waals surface area contributed by atoms with Gasteiger partial charge < -0.3 is 15.4 Å². The van der Waals surface area contributed by atoms with Crippen LogP contribution in [0.2, 0.25) is 0 Å². The summed E-state index contributed by atoms with van der Waals surface area (Å²) in [5.41, 5.74) is -0.890. The molecule has 0 aliphatic carbocycles. The molecule has 1 amide bonds. The van der Waals surface area contributed by atoms with Crippen LogP contribution in [-0.4, -0.2) is 31.6 Å². The van der Waals surface area contributed by atoms with Crippen LogP contribution in [0.25, 0.3) is 0 Å². The van der Waals surface area contributed by atoms with E-state index >= 15 is 0 Å². The molecule has 4 nitrogen and oxygen atoms in total. The lowest BCUT2D eigenvalue weighted by Gasteiger charge is -2.18. The summed E-state index contributed by atoms with van der Waals surface area (Å²) in [6.07, 6.45) is -4.53. The van der Waals surface area contributed by atoms with Crippen molar-refractivity contribution in [1.82, 2.24) is 10.6 Å². The van der Waals surface area contributed by atoms with Crippen molar-refractivity contribution in [3.05, 3.63) is 29.8 Å². The van der Waals surface area contributed by atoms with E-state index < -0.39 is 23.8 Å². The largest absolute Gasteiger partial charge is 0.480 e. The second-order valence-electron chi connectivity index (χ2n) is 4.80. The Balaban J connectivity index is 2.54. The first-order valence-corrected chi connectivity index (χ1v) is 7.17. The van der Waals surface area contributed by atoms with Crippen molar-refractivity contribution in [2.75, 3.05) is 19.6 Å². The lowest BCUT2D eigenvalue weighted by Crippen LogP contribution is -2.40. The lowest BCUT2D eigenvalue weighted by molar-refractivity contribution is -0.140. The Labute approximate surface area is 128 Å². The minimum atomic E-state index is -4.52. The quantitative estimate of drug-likeness (QED) is 0.724. The Kier molecular flexibility index (Phi) is 7.17. The van der Waals surface area contributed by atoms with Crippen LogP contribution in [0.5, 0.6) is 5.75 Å². The fourth-order valence-electron chi connectivity index (χ4n) is 1.77. The van der Waals surface area contributed by atoms with Crippen molar-refractivity contribution in [3.63, 3.8) is 0 Å². The van der Waals surface area contributed by atoms with Crippen LogP contribution in [-0.2, 0) is 11.0 Å². The van der Waals surface area contributed by atoms with Gasteiger partial charge in [0.2, 0.25) is 0 Å². The highest BCUT2D eigenvalue weighted by Gasteiger charge is 2.34. The zero-order valence-electron chi connectivity index (χ0n) is 12.7. The number of carbonyl (C=O) groups excluding carboxylic acids is 1. The Morgan fingerprint density at radius 1 is 1.23 bits per heavy atom. The number of hydrogen-bond acceptors (Lipinski definition) is 3. The van der Waals surface area contributed by atoms with E-state index in [1.807, 2.05) is 6.92 Å². The molecule has 0 aliphatic rings. The highest BCUT2D eigenvalue weighted by atomic mass is 19.4. The smallest absolute Gasteiger partial charge is 0.419 e. The van der Waals surface area contributed by atoms with Crippen LogP contribution < -0.4 is 15.4 Å². The molecule has 124 valence electrons. The first-order chi connectivity index (χ1) is 10.4. The molecule has 2 N–H and O–H groups in total. The minimum Gasteiger partial charge on any atom is -0.480 e. The van der Waals surface area contributed by atoms with E-state index in [0.29, 0.717) is 13.1 Å². The van der Waals surface area contributed by atoms with Crippen LogP contribution in [0.15, 0.2) is 24.3 Å². The Morgan fingerprint density at radius 2 is 1.91 bits per heavy atom. The van der Waals surface area contributed by atoms with E-state index in [9.17, 15) is 18.0 Å². The molecule has 1 atom stereocenters. The highest BCUT2D eigenvalue weighted by Crippen LogP contribution is 2.36. The Bertz CT molecular complexity index is 478. The molecule has 0 aromatic heterocycles. The van der Waals surface area contributed by atoms with Gasteiger partial charge in [0.25, 0.3) is 5.91 Å². The number of amides is 1. The maximum Gasteiger partial charge on any atom is 0.419 e. The topological polar surface area (TPSA) is 50.4 Å². The van der Waals surface area contributed by atoms with E-state index in [4.69, 9.17) is 4.74 Å². The number of carbonyl (C=O) groups is 1. The number of para-hydroxylation sites is 1. The normalized spacial score (nSPS) is 12.8. The summed E-state index contributed by atoms with van der Waals surface area (Å²) in [6, 6.07) is 4.84. The van der Waals surface area contributed by atoms with Crippen molar-refractivity contribution >= 4 is 5.91 Å². The maximum absolute atomic E-state index is 12.8. The first-order valence-electron chi connectivity index (χ1n) is 7.17. The van der Waals surface area contributed by atoms with Crippen molar-refractivity contribution in [1.29, 1.82) is 0 Å². The number of hydrogen-bond donors (Lipinski definition) is 2. The molecule has 0 aliphatic heterocycles. The summed E-state index contributed by atoms with van der Waals surface area (Å²) in [5, 5.41) is 5.72. The molecule has 1 aromatic carbocycles. The van der Waals surface area contributed by atoms with Crippen LogP contribution in [0.1, 0.15) is 25.8 Å². The molecule has 0 fully saturated rings. The molecule has 0 radical (unpaired) electrons. The summed E-state index contributed by atoms with van der Waals surface area (Å²) < 4.78 is 43.7. The highest BCUT2D eigenvalue weighted by molar-refractivity contribution is 5.80. The molecule has 7 heteroatoms. The van der Waals surface area contributed by atoms with Gasteiger partial charge in [-0.25, -0.2) is 0 Å². The molecule has 0 saturated carbocycles. The summed E-state index contributed by atoms with van der Waals surface area (Å²) in [4.78, 5) is 11.8. The van der Waals surface area contributed by atoms with Gasteiger partial charge >= 0.3 is 6.18 Å². The van der Waals surface area contributed by atoms with Crippen molar-refractivity contribution in [2.24, 2.45) is 0 Å². The summed E-state index contributed by atoms with van der Waals surface area (Å²) in [6.45, 7) is 5.29. The van der Waals surface area contributed by atoms with E-state index in [-0.39, 0.29) is 5.75 Å². The molecule has 0 heterocycles. The number of alkyl halides is 3. The lowest BCUT2D eigenvalue weighted by atomic mass is 10.2. The van der Waals surface area contributed by atoms with Crippen LogP contribution in [0.3, 0.4) is 0 Å². The van der Waals surface area contributed by atoms with Crippen LogP contribution in [0.4, 0.5) is 13.2 Å². The molecule has 22 heavy (non-hydrogen) atoms.